The van der Waals surface area contributed by atoms with Crippen LogP contribution in [0, 0.1) is 0 Å². The fourth-order valence-electron chi connectivity index (χ4n) is 2.30. The van der Waals surface area contributed by atoms with Gasteiger partial charge in [0.25, 0.3) is 5.56 Å². The number of hydrogen-bond acceptors (Lipinski definition) is 4. The molecule has 0 fully saturated rings. The number of halogens is 2. The van der Waals surface area contributed by atoms with Crippen molar-refractivity contribution in [1.82, 2.24) is 14.0 Å². The average Bonchev–Trinajstić information content (AvgIpc) is 2.54. The van der Waals surface area contributed by atoms with E-state index in [2.05, 4.69) is 5.32 Å². The molecule has 1 amide bonds. The number of para-hydroxylation sites is 1. The van der Waals surface area contributed by atoms with Crippen LogP contribution in [0.5, 0.6) is 0 Å². The summed E-state index contributed by atoms with van der Waals surface area (Å²) in [6, 6.07) is 6.31. The molecule has 134 valence electrons. The van der Waals surface area contributed by atoms with Crippen LogP contribution in [0.15, 0.2) is 33.9 Å². The summed E-state index contributed by atoms with van der Waals surface area (Å²) in [5.41, 5.74) is 0.0615. The molecule has 2 rings (SSSR count). The second-order valence-electron chi connectivity index (χ2n) is 5.69. The lowest BCUT2D eigenvalue weighted by Gasteiger charge is -2.18. The van der Waals surface area contributed by atoms with Crippen molar-refractivity contribution >= 4 is 34.8 Å². The molecule has 9 heteroatoms. The highest BCUT2D eigenvalue weighted by atomic mass is 35.5. The molecule has 0 atom stereocenters. The zero-order valence-corrected chi connectivity index (χ0v) is 15.6. The maximum atomic E-state index is 12.2. The third kappa shape index (κ3) is 4.50. The Kier molecular flexibility index (Phi) is 6.05. The van der Waals surface area contributed by atoms with E-state index in [1.807, 2.05) is 0 Å². The van der Waals surface area contributed by atoms with Crippen molar-refractivity contribution < 1.29 is 4.79 Å². The van der Waals surface area contributed by atoms with Gasteiger partial charge in [-0.25, -0.2) is 4.79 Å². The Labute approximate surface area is 154 Å². The van der Waals surface area contributed by atoms with Gasteiger partial charge in [-0.2, -0.15) is 0 Å². The number of anilines is 1. The summed E-state index contributed by atoms with van der Waals surface area (Å²) in [4.78, 5) is 37.5. The van der Waals surface area contributed by atoms with E-state index in [0.29, 0.717) is 21.4 Å². The van der Waals surface area contributed by atoms with E-state index in [-0.39, 0.29) is 24.6 Å². The van der Waals surface area contributed by atoms with Crippen molar-refractivity contribution in [3.8, 4) is 0 Å². The Morgan fingerprint density at radius 3 is 2.36 bits per heavy atom. The average molecular weight is 385 g/mol. The van der Waals surface area contributed by atoms with Gasteiger partial charge in [-0.1, -0.05) is 29.3 Å². The van der Waals surface area contributed by atoms with Crippen LogP contribution in [0.3, 0.4) is 0 Å². The van der Waals surface area contributed by atoms with Gasteiger partial charge < -0.3 is 5.32 Å². The topological polar surface area (TPSA) is 76.3 Å². The maximum Gasteiger partial charge on any atom is 0.330 e. The smallest absolute Gasteiger partial charge is 0.322 e. The summed E-state index contributed by atoms with van der Waals surface area (Å²) < 4.78 is 2.40. The van der Waals surface area contributed by atoms with Crippen molar-refractivity contribution in [3.63, 3.8) is 0 Å². The Morgan fingerprint density at radius 2 is 1.76 bits per heavy atom. The lowest BCUT2D eigenvalue weighted by molar-refractivity contribution is -0.117. The molecule has 0 saturated heterocycles. The van der Waals surface area contributed by atoms with Crippen molar-refractivity contribution in [2.75, 3.05) is 18.9 Å². The van der Waals surface area contributed by atoms with Crippen LogP contribution in [-0.2, 0) is 25.4 Å². The van der Waals surface area contributed by atoms with E-state index in [4.69, 9.17) is 23.2 Å². The number of likely N-dealkylation sites (N-methyl/N-ethyl adjacent to an activating group) is 1. The second kappa shape index (κ2) is 7.86. The number of nitrogens with one attached hydrogen (secondary N) is 1. The van der Waals surface area contributed by atoms with Crippen LogP contribution < -0.4 is 16.6 Å². The molecule has 1 aromatic carbocycles. The molecule has 0 unspecified atom stereocenters. The molecule has 1 aromatic heterocycles. The van der Waals surface area contributed by atoms with Gasteiger partial charge in [0.2, 0.25) is 5.91 Å². The quantitative estimate of drug-likeness (QED) is 0.846. The van der Waals surface area contributed by atoms with Gasteiger partial charge in [0.05, 0.1) is 22.3 Å². The van der Waals surface area contributed by atoms with Crippen molar-refractivity contribution in [3.05, 3.63) is 60.8 Å². The number of carbonyl (C=O) groups is 1. The van der Waals surface area contributed by atoms with Crippen molar-refractivity contribution in [2.45, 2.75) is 6.54 Å². The normalized spacial score (nSPS) is 11.0. The maximum absolute atomic E-state index is 12.2. The van der Waals surface area contributed by atoms with E-state index < -0.39 is 5.69 Å². The molecule has 2 aromatic rings. The van der Waals surface area contributed by atoms with Crippen molar-refractivity contribution in [1.29, 1.82) is 0 Å². The molecular weight excluding hydrogens is 367 g/mol. The predicted molar refractivity (Wildman–Crippen MR) is 98.3 cm³/mol. The monoisotopic (exact) mass is 384 g/mol. The van der Waals surface area contributed by atoms with Crippen LogP contribution >= 0.6 is 23.2 Å². The van der Waals surface area contributed by atoms with Crippen molar-refractivity contribution in [2.24, 2.45) is 14.1 Å². The molecule has 25 heavy (non-hydrogen) atoms. The molecule has 0 spiro atoms. The van der Waals surface area contributed by atoms with Gasteiger partial charge in [0, 0.05) is 32.4 Å². The number of benzene rings is 1. The number of nitrogens with zero attached hydrogens (tertiary/aromatic N) is 3. The Balaban J connectivity index is 2.08. The molecular formula is C16H18Cl2N4O3. The lowest BCUT2D eigenvalue weighted by Crippen LogP contribution is -2.40. The molecule has 7 nitrogen and oxygen atoms in total. The SMILES string of the molecule is CN(CC(=O)Nc1c(Cl)cccc1Cl)Cc1cc(=O)n(C)c(=O)n1C. The standard InChI is InChI=1S/C16H18Cl2N4O3/c1-20(8-10-7-14(24)22(3)16(25)21(10)2)9-13(23)19-15-11(17)5-4-6-12(15)18/h4-7H,8-9H2,1-3H3,(H,19,23). The molecule has 1 heterocycles. The van der Waals surface area contributed by atoms with E-state index in [1.54, 1.807) is 37.2 Å². The van der Waals surface area contributed by atoms with Gasteiger partial charge in [0.15, 0.2) is 0 Å². The minimum atomic E-state index is -0.414. The molecule has 0 bridgehead atoms. The summed E-state index contributed by atoms with van der Waals surface area (Å²) in [6.45, 7) is 0.288. The van der Waals surface area contributed by atoms with Gasteiger partial charge >= 0.3 is 5.69 Å². The summed E-state index contributed by atoms with van der Waals surface area (Å²) in [6.07, 6.45) is 0. The lowest BCUT2D eigenvalue weighted by atomic mass is 10.3. The minimum absolute atomic E-state index is 0.0327. The highest BCUT2D eigenvalue weighted by molar-refractivity contribution is 6.39. The number of carbonyl (C=O) groups excluding carboxylic acids is 1. The fourth-order valence-corrected chi connectivity index (χ4v) is 2.80. The highest BCUT2D eigenvalue weighted by Gasteiger charge is 2.14. The van der Waals surface area contributed by atoms with Crippen LogP contribution in [0.1, 0.15) is 5.69 Å². The zero-order valence-electron chi connectivity index (χ0n) is 14.0. The Hall–Kier alpha value is -2.09. The molecule has 0 aliphatic rings. The molecule has 0 aliphatic carbocycles. The summed E-state index contributed by atoms with van der Waals surface area (Å²) in [5.74, 6) is -0.314. The number of aromatic nitrogens is 2. The third-order valence-corrected chi connectivity index (χ3v) is 4.33. The predicted octanol–water partition coefficient (Wildman–Crippen LogP) is 1.46. The fraction of sp³-hybridized carbons (Fsp3) is 0.312. The van der Waals surface area contributed by atoms with E-state index in [9.17, 15) is 14.4 Å². The first-order valence-electron chi connectivity index (χ1n) is 7.39. The van der Waals surface area contributed by atoms with Crippen LogP contribution in [0.25, 0.3) is 0 Å². The first-order valence-corrected chi connectivity index (χ1v) is 8.14. The van der Waals surface area contributed by atoms with E-state index in [1.165, 1.54) is 17.7 Å². The second-order valence-corrected chi connectivity index (χ2v) is 6.51. The first kappa shape index (κ1) is 19.2. The van der Waals surface area contributed by atoms with Crippen LogP contribution in [0.2, 0.25) is 10.0 Å². The van der Waals surface area contributed by atoms with Gasteiger partial charge in [-0.3, -0.25) is 23.6 Å². The summed E-state index contributed by atoms with van der Waals surface area (Å²) in [7, 11) is 4.70. The summed E-state index contributed by atoms with van der Waals surface area (Å²) >= 11 is 12.0. The molecule has 0 radical (unpaired) electrons. The van der Waals surface area contributed by atoms with E-state index in [0.717, 1.165) is 4.57 Å². The largest absolute Gasteiger partial charge is 0.330 e. The van der Waals surface area contributed by atoms with Gasteiger partial charge in [-0.15, -0.1) is 0 Å². The zero-order chi connectivity index (χ0) is 18.7. The van der Waals surface area contributed by atoms with Gasteiger partial charge in [0.1, 0.15) is 0 Å². The molecule has 1 N–H and O–H groups in total. The Morgan fingerprint density at radius 1 is 1.16 bits per heavy atom. The number of hydrogen-bond donors (Lipinski definition) is 1. The third-order valence-electron chi connectivity index (χ3n) is 3.70. The number of rotatable bonds is 5. The Bertz CT molecular complexity index is 900. The van der Waals surface area contributed by atoms with Crippen LogP contribution in [0.4, 0.5) is 5.69 Å². The molecule has 0 aliphatic heterocycles. The van der Waals surface area contributed by atoms with Crippen LogP contribution in [-0.4, -0.2) is 33.5 Å². The summed E-state index contributed by atoms with van der Waals surface area (Å²) in [5, 5.41) is 3.35. The first-order chi connectivity index (χ1) is 11.7. The highest BCUT2D eigenvalue weighted by Crippen LogP contribution is 2.29. The van der Waals surface area contributed by atoms with E-state index >= 15 is 0 Å². The van der Waals surface area contributed by atoms with Gasteiger partial charge in [-0.05, 0) is 19.2 Å². The molecule has 0 saturated carbocycles. The number of amides is 1. The minimum Gasteiger partial charge on any atom is -0.322 e.